The van der Waals surface area contributed by atoms with Crippen LogP contribution >= 0.6 is 0 Å². The van der Waals surface area contributed by atoms with Crippen LogP contribution in [0.2, 0.25) is 0 Å². The van der Waals surface area contributed by atoms with E-state index in [4.69, 9.17) is 14.4 Å². The number of furan rings is 1. The number of hydrogen-bond acceptors (Lipinski definition) is 5. The first-order valence-electron chi connectivity index (χ1n) is 9.67. The lowest BCUT2D eigenvalue weighted by Gasteiger charge is -2.34. The summed E-state index contributed by atoms with van der Waals surface area (Å²) in [4.78, 5) is 17.2. The van der Waals surface area contributed by atoms with Crippen molar-refractivity contribution >= 4 is 16.9 Å². The lowest BCUT2D eigenvalue weighted by Crippen LogP contribution is -2.48. The molecule has 2 aromatic carbocycles. The number of aryl methyl sites for hydroxylation is 1. The number of piperazine rings is 1. The first kappa shape index (κ1) is 19.0. The van der Waals surface area contributed by atoms with Crippen molar-refractivity contribution in [1.82, 2.24) is 9.80 Å². The normalized spacial score (nSPS) is 14.7. The number of fused-ring (bicyclic) bond motifs is 1. The van der Waals surface area contributed by atoms with Crippen LogP contribution in [0.15, 0.2) is 46.9 Å². The van der Waals surface area contributed by atoms with Gasteiger partial charge in [-0.1, -0.05) is 12.1 Å². The van der Waals surface area contributed by atoms with E-state index in [-0.39, 0.29) is 5.91 Å². The largest absolute Gasteiger partial charge is 0.497 e. The van der Waals surface area contributed by atoms with Gasteiger partial charge in [0.05, 0.1) is 18.7 Å². The summed E-state index contributed by atoms with van der Waals surface area (Å²) < 4.78 is 11.1. The highest BCUT2D eigenvalue weighted by Gasteiger charge is 2.26. The molecule has 6 heteroatoms. The molecule has 4 rings (SSSR count). The number of amides is 1. The fraction of sp³-hybridized carbons (Fsp3) is 0.304. The van der Waals surface area contributed by atoms with Gasteiger partial charge in [-0.25, -0.2) is 0 Å². The van der Waals surface area contributed by atoms with Crippen molar-refractivity contribution in [2.24, 2.45) is 0 Å². The molecule has 1 amide bonds. The number of carbonyl (C=O) groups is 1. The summed E-state index contributed by atoms with van der Waals surface area (Å²) in [5.74, 6) is 1.10. The second-order valence-electron chi connectivity index (χ2n) is 7.30. The summed E-state index contributed by atoms with van der Waals surface area (Å²) in [6.45, 7) is 5.67. The van der Waals surface area contributed by atoms with Crippen molar-refractivity contribution < 1.29 is 13.9 Å². The Hall–Kier alpha value is -3.30. The van der Waals surface area contributed by atoms with Crippen LogP contribution in [0.4, 0.5) is 0 Å². The molecule has 0 aliphatic carbocycles. The molecule has 6 nitrogen and oxygen atoms in total. The van der Waals surface area contributed by atoms with E-state index in [0.717, 1.165) is 36.3 Å². The zero-order valence-corrected chi connectivity index (χ0v) is 16.6. The highest BCUT2D eigenvalue weighted by Crippen LogP contribution is 2.29. The number of ether oxygens (including phenoxy) is 1. The maximum absolute atomic E-state index is 13.0. The number of carbonyl (C=O) groups excluding carboxylic acids is 1. The molecule has 1 saturated heterocycles. The lowest BCUT2D eigenvalue weighted by atomic mass is 10.1. The Balaban J connectivity index is 1.41. The minimum absolute atomic E-state index is 0.0595. The third-order valence-corrected chi connectivity index (χ3v) is 5.49. The number of hydrogen-bond donors (Lipinski definition) is 0. The molecule has 0 unspecified atom stereocenters. The summed E-state index contributed by atoms with van der Waals surface area (Å²) in [6.07, 6.45) is 0. The van der Waals surface area contributed by atoms with E-state index in [9.17, 15) is 4.79 Å². The fourth-order valence-electron chi connectivity index (χ4n) is 3.73. The van der Waals surface area contributed by atoms with Gasteiger partial charge in [-0.15, -0.1) is 0 Å². The number of rotatable bonds is 4. The molecular formula is C23H23N3O3. The monoisotopic (exact) mass is 389 g/mol. The van der Waals surface area contributed by atoms with Gasteiger partial charge in [0.25, 0.3) is 5.91 Å². The molecule has 1 aliphatic heterocycles. The third-order valence-electron chi connectivity index (χ3n) is 5.49. The van der Waals surface area contributed by atoms with Crippen molar-refractivity contribution in [3.63, 3.8) is 0 Å². The van der Waals surface area contributed by atoms with Gasteiger partial charge in [-0.2, -0.15) is 5.26 Å². The van der Waals surface area contributed by atoms with Crippen LogP contribution in [0.5, 0.6) is 5.75 Å². The first-order valence-corrected chi connectivity index (χ1v) is 9.67. The molecule has 0 radical (unpaired) electrons. The number of nitrogens with zero attached hydrogens (tertiary/aromatic N) is 3. The second kappa shape index (κ2) is 7.98. The van der Waals surface area contributed by atoms with E-state index >= 15 is 0 Å². The topological polar surface area (TPSA) is 69.7 Å². The van der Waals surface area contributed by atoms with Gasteiger partial charge in [-0.05, 0) is 42.8 Å². The molecule has 1 fully saturated rings. The van der Waals surface area contributed by atoms with Crippen molar-refractivity contribution in [2.75, 3.05) is 33.3 Å². The summed E-state index contributed by atoms with van der Waals surface area (Å²) in [5, 5.41) is 9.81. The molecule has 3 aromatic rings. The predicted molar refractivity (Wildman–Crippen MR) is 110 cm³/mol. The number of nitriles is 1. The van der Waals surface area contributed by atoms with Crippen molar-refractivity contribution in [1.29, 1.82) is 5.26 Å². The van der Waals surface area contributed by atoms with Gasteiger partial charge >= 0.3 is 0 Å². The molecule has 148 valence electrons. The standard InChI is InChI=1S/C23H23N3O3/c1-16-20-13-19(28-2)7-8-21(20)29-22(16)23(27)26-11-9-25(10-12-26)15-18-5-3-17(14-24)4-6-18/h3-8,13H,9-12,15H2,1-2H3. The lowest BCUT2D eigenvalue weighted by molar-refractivity contribution is 0.0599. The van der Waals surface area contributed by atoms with Crippen LogP contribution in [-0.2, 0) is 6.54 Å². The first-order chi connectivity index (χ1) is 14.1. The molecule has 29 heavy (non-hydrogen) atoms. The minimum atomic E-state index is -0.0595. The van der Waals surface area contributed by atoms with Crippen molar-refractivity contribution in [3.8, 4) is 11.8 Å². The SMILES string of the molecule is COc1ccc2oc(C(=O)N3CCN(Cc4ccc(C#N)cc4)CC3)c(C)c2c1. The Labute approximate surface area is 169 Å². The van der Waals surface area contributed by atoms with Crippen molar-refractivity contribution in [2.45, 2.75) is 13.5 Å². The van der Waals surface area contributed by atoms with Crippen LogP contribution in [0.25, 0.3) is 11.0 Å². The molecule has 0 bridgehead atoms. The Bertz CT molecular complexity index is 1070. The summed E-state index contributed by atoms with van der Waals surface area (Å²) >= 11 is 0. The van der Waals surface area contributed by atoms with E-state index in [0.29, 0.717) is 30.0 Å². The van der Waals surface area contributed by atoms with Gasteiger partial charge in [0, 0.05) is 43.7 Å². The van der Waals surface area contributed by atoms with Crippen LogP contribution < -0.4 is 4.74 Å². The highest BCUT2D eigenvalue weighted by molar-refractivity contribution is 5.99. The highest BCUT2D eigenvalue weighted by atomic mass is 16.5. The molecular weight excluding hydrogens is 366 g/mol. The molecule has 1 aromatic heterocycles. The molecule has 0 atom stereocenters. The van der Waals surface area contributed by atoms with Gasteiger partial charge in [0.1, 0.15) is 11.3 Å². The smallest absolute Gasteiger partial charge is 0.289 e. The van der Waals surface area contributed by atoms with Crippen LogP contribution in [-0.4, -0.2) is 49.0 Å². The molecule has 2 heterocycles. The summed E-state index contributed by atoms with van der Waals surface area (Å²) in [5.41, 5.74) is 3.39. The van der Waals surface area contributed by atoms with E-state index in [1.165, 1.54) is 5.56 Å². The van der Waals surface area contributed by atoms with Gasteiger partial charge in [0.2, 0.25) is 0 Å². The number of methoxy groups -OCH3 is 1. The van der Waals surface area contributed by atoms with Gasteiger partial charge < -0.3 is 14.1 Å². The Kier molecular flexibility index (Phi) is 5.24. The van der Waals surface area contributed by atoms with E-state index in [1.807, 2.05) is 54.3 Å². The second-order valence-corrected chi connectivity index (χ2v) is 7.30. The molecule has 0 N–H and O–H groups in total. The average molecular weight is 389 g/mol. The zero-order valence-electron chi connectivity index (χ0n) is 16.6. The number of benzene rings is 2. The fourth-order valence-corrected chi connectivity index (χ4v) is 3.73. The third kappa shape index (κ3) is 3.82. The zero-order chi connectivity index (χ0) is 20.4. The molecule has 0 spiro atoms. The van der Waals surface area contributed by atoms with E-state index < -0.39 is 0 Å². The van der Waals surface area contributed by atoms with Crippen molar-refractivity contribution in [3.05, 3.63) is 64.9 Å². The maximum atomic E-state index is 13.0. The van der Waals surface area contributed by atoms with Gasteiger partial charge in [-0.3, -0.25) is 9.69 Å². The average Bonchev–Trinajstić information content (AvgIpc) is 3.10. The van der Waals surface area contributed by atoms with Crippen LogP contribution in [0, 0.1) is 18.3 Å². The summed E-state index contributed by atoms with van der Waals surface area (Å²) in [7, 11) is 1.63. The summed E-state index contributed by atoms with van der Waals surface area (Å²) in [6, 6.07) is 15.4. The Morgan fingerprint density at radius 1 is 1.14 bits per heavy atom. The van der Waals surface area contributed by atoms with Gasteiger partial charge in [0.15, 0.2) is 5.76 Å². The van der Waals surface area contributed by atoms with E-state index in [1.54, 1.807) is 7.11 Å². The molecule has 1 aliphatic rings. The quantitative estimate of drug-likeness (QED) is 0.682. The molecule has 0 saturated carbocycles. The minimum Gasteiger partial charge on any atom is -0.497 e. The Morgan fingerprint density at radius 2 is 1.86 bits per heavy atom. The predicted octanol–water partition coefficient (Wildman–Crippen LogP) is 3.58. The van der Waals surface area contributed by atoms with E-state index in [2.05, 4.69) is 11.0 Å². The van der Waals surface area contributed by atoms with Crippen LogP contribution in [0.3, 0.4) is 0 Å². The maximum Gasteiger partial charge on any atom is 0.289 e. The van der Waals surface area contributed by atoms with Crippen LogP contribution in [0.1, 0.15) is 27.2 Å². The Morgan fingerprint density at radius 3 is 2.52 bits per heavy atom.